The van der Waals surface area contributed by atoms with Crippen LogP contribution in [-0.2, 0) is 6.18 Å². The largest absolute Gasteiger partial charge is 0.416 e. The second kappa shape index (κ2) is 8.85. The number of nitro groups is 1. The minimum Gasteiger partial charge on any atom is -0.372 e. The first-order valence-corrected chi connectivity index (χ1v) is 9.70. The summed E-state index contributed by atoms with van der Waals surface area (Å²) in [5.74, 6) is -0.808. The fourth-order valence-electron chi connectivity index (χ4n) is 3.46. The molecule has 8 nitrogen and oxygen atoms in total. The third-order valence-electron chi connectivity index (χ3n) is 5.21. The van der Waals surface area contributed by atoms with E-state index in [2.05, 4.69) is 0 Å². The van der Waals surface area contributed by atoms with Crippen LogP contribution >= 0.6 is 0 Å². The second-order valence-electron chi connectivity index (χ2n) is 7.51. The van der Waals surface area contributed by atoms with Crippen LogP contribution in [0.5, 0.6) is 0 Å². The van der Waals surface area contributed by atoms with Crippen molar-refractivity contribution >= 4 is 23.2 Å². The molecule has 1 saturated heterocycles. The molecule has 0 unspecified atom stereocenters. The molecular weight excluding hydrogens is 429 g/mol. The minimum absolute atomic E-state index is 0.132. The lowest BCUT2D eigenvalue weighted by molar-refractivity contribution is -0.384. The number of amides is 2. The molecule has 3 rings (SSSR count). The molecule has 0 aromatic heterocycles. The first kappa shape index (κ1) is 23.0. The first-order chi connectivity index (χ1) is 15.0. The Labute approximate surface area is 182 Å². The van der Waals surface area contributed by atoms with Crippen LogP contribution in [0.4, 0.5) is 24.5 Å². The van der Waals surface area contributed by atoms with Gasteiger partial charge in [0.05, 0.1) is 10.5 Å². The molecule has 0 spiro atoms. The highest BCUT2D eigenvalue weighted by atomic mass is 19.4. The Morgan fingerprint density at radius 1 is 0.906 bits per heavy atom. The van der Waals surface area contributed by atoms with Crippen molar-refractivity contribution in [3.63, 3.8) is 0 Å². The van der Waals surface area contributed by atoms with Gasteiger partial charge < -0.3 is 14.7 Å². The first-order valence-electron chi connectivity index (χ1n) is 9.70. The van der Waals surface area contributed by atoms with E-state index in [9.17, 15) is 32.9 Å². The molecule has 2 aromatic carbocycles. The molecule has 0 atom stereocenters. The van der Waals surface area contributed by atoms with Crippen LogP contribution in [0.2, 0.25) is 0 Å². The Bertz CT molecular complexity index is 1030. The zero-order valence-electron chi connectivity index (χ0n) is 17.4. The number of carbonyl (C=O) groups is 2. The average Bonchev–Trinajstić information content (AvgIpc) is 2.77. The number of piperazine rings is 1. The monoisotopic (exact) mass is 450 g/mol. The van der Waals surface area contributed by atoms with Crippen molar-refractivity contribution in [3.05, 3.63) is 69.3 Å². The number of hydrogen-bond donors (Lipinski definition) is 0. The SMILES string of the molecule is CN(C)c1ccc(C(=O)N2CCN(C(=O)c3ccc(C(F)(F)F)cc3)CC2)cc1[N+](=O)[O-]. The summed E-state index contributed by atoms with van der Waals surface area (Å²) in [6, 6.07) is 8.24. The highest BCUT2D eigenvalue weighted by molar-refractivity contribution is 5.97. The Kier molecular flexibility index (Phi) is 6.37. The fraction of sp³-hybridized carbons (Fsp3) is 0.333. The fourth-order valence-corrected chi connectivity index (χ4v) is 3.46. The Hall–Kier alpha value is -3.63. The maximum absolute atomic E-state index is 12.8. The van der Waals surface area contributed by atoms with Gasteiger partial charge >= 0.3 is 6.18 Å². The molecule has 0 aliphatic carbocycles. The van der Waals surface area contributed by atoms with E-state index < -0.39 is 22.6 Å². The van der Waals surface area contributed by atoms with Crippen molar-refractivity contribution in [1.29, 1.82) is 0 Å². The molecule has 32 heavy (non-hydrogen) atoms. The van der Waals surface area contributed by atoms with Crippen molar-refractivity contribution in [1.82, 2.24) is 9.80 Å². The lowest BCUT2D eigenvalue weighted by Crippen LogP contribution is -2.50. The topological polar surface area (TPSA) is 87.0 Å². The van der Waals surface area contributed by atoms with Crippen LogP contribution in [0.25, 0.3) is 0 Å². The van der Waals surface area contributed by atoms with Crippen LogP contribution in [0, 0.1) is 10.1 Å². The third-order valence-corrected chi connectivity index (χ3v) is 5.21. The van der Waals surface area contributed by atoms with Crippen molar-refractivity contribution in [2.24, 2.45) is 0 Å². The zero-order chi connectivity index (χ0) is 23.6. The summed E-state index contributed by atoms with van der Waals surface area (Å²) < 4.78 is 38.1. The van der Waals surface area contributed by atoms with Crippen LogP contribution in [0.15, 0.2) is 42.5 Å². The van der Waals surface area contributed by atoms with E-state index in [1.165, 1.54) is 28.0 Å². The van der Waals surface area contributed by atoms with Gasteiger partial charge in [-0.05, 0) is 36.4 Å². The summed E-state index contributed by atoms with van der Waals surface area (Å²) in [6.45, 7) is 0.801. The predicted octanol–water partition coefficient (Wildman–Crippen LogP) is 3.28. The van der Waals surface area contributed by atoms with E-state index in [1.54, 1.807) is 19.0 Å². The number of nitro benzene ring substituents is 1. The number of alkyl halides is 3. The molecule has 2 amide bonds. The van der Waals surface area contributed by atoms with Crippen molar-refractivity contribution in [2.75, 3.05) is 45.2 Å². The van der Waals surface area contributed by atoms with Crippen LogP contribution in [0.1, 0.15) is 26.3 Å². The predicted molar refractivity (Wildman–Crippen MR) is 111 cm³/mol. The van der Waals surface area contributed by atoms with E-state index in [4.69, 9.17) is 0 Å². The highest BCUT2D eigenvalue weighted by Gasteiger charge is 2.31. The lowest BCUT2D eigenvalue weighted by Gasteiger charge is -2.35. The van der Waals surface area contributed by atoms with Crippen LogP contribution in [0.3, 0.4) is 0 Å². The quantitative estimate of drug-likeness (QED) is 0.527. The number of benzene rings is 2. The normalized spacial score (nSPS) is 14.3. The molecule has 0 bridgehead atoms. The minimum atomic E-state index is -4.48. The molecular formula is C21H21F3N4O4. The van der Waals surface area contributed by atoms with Gasteiger partial charge in [0.25, 0.3) is 17.5 Å². The van der Waals surface area contributed by atoms with Crippen molar-refractivity contribution < 1.29 is 27.7 Å². The van der Waals surface area contributed by atoms with Gasteiger partial charge in [-0.2, -0.15) is 13.2 Å². The summed E-state index contributed by atoms with van der Waals surface area (Å²) in [7, 11) is 3.33. The van der Waals surface area contributed by atoms with E-state index in [-0.39, 0.29) is 48.9 Å². The summed E-state index contributed by atoms with van der Waals surface area (Å²) in [5.41, 5.74) is -0.341. The maximum atomic E-state index is 12.8. The van der Waals surface area contributed by atoms with E-state index in [1.807, 2.05) is 0 Å². The summed E-state index contributed by atoms with van der Waals surface area (Å²) in [6.07, 6.45) is -4.48. The van der Waals surface area contributed by atoms with E-state index >= 15 is 0 Å². The van der Waals surface area contributed by atoms with E-state index in [0.29, 0.717) is 5.69 Å². The van der Waals surface area contributed by atoms with Gasteiger partial charge in [0.15, 0.2) is 0 Å². The number of halogens is 3. The van der Waals surface area contributed by atoms with Gasteiger partial charge in [0, 0.05) is 57.5 Å². The molecule has 1 aliphatic rings. The number of carbonyl (C=O) groups excluding carboxylic acids is 2. The molecule has 170 valence electrons. The smallest absolute Gasteiger partial charge is 0.372 e. The van der Waals surface area contributed by atoms with Gasteiger partial charge in [0.1, 0.15) is 5.69 Å². The van der Waals surface area contributed by atoms with Crippen molar-refractivity contribution in [3.8, 4) is 0 Å². The Balaban J connectivity index is 1.66. The second-order valence-corrected chi connectivity index (χ2v) is 7.51. The van der Waals surface area contributed by atoms with Crippen molar-refractivity contribution in [2.45, 2.75) is 6.18 Å². The molecule has 1 fully saturated rings. The Morgan fingerprint density at radius 2 is 1.38 bits per heavy atom. The summed E-state index contributed by atoms with van der Waals surface area (Å²) in [5, 5.41) is 11.4. The zero-order valence-corrected chi connectivity index (χ0v) is 17.4. The number of nitrogens with zero attached hydrogens (tertiary/aromatic N) is 4. The summed E-state index contributed by atoms with van der Waals surface area (Å²) >= 11 is 0. The molecule has 0 radical (unpaired) electrons. The molecule has 0 N–H and O–H groups in total. The molecule has 2 aromatic rings. The third kappa shape index (κ3) is 4.82. The van der Waals surface area contributed by atoms with E-state index in [0.717, 1.165) is 24.3 Å². The lowest BCUT2D eigenvalue weighted by atomic mass is 10.1. The summed E-state index contributed by atoms with van der Waals surface area (Å²) in [4.78, 5) is 40.7. The van der Waals surface area contributed by atoms with Gasteiger partial charge in [-0.15, -0.1) is 0 Å². The van der Waals surface area contributed by atoms with Gasteiger partial charge in [-0.1, -0.05) is 0 Å². The highest BCUT2D eigenvalue weighted by Crippen LogP contribution is 2.30. The number of anilines is 1. The molecule has 1 aliphatic heterocycles. The number of hydrogen-bond acceptors (Lipinski definition) is 5. The number of rotatable bonds is 4. The van der Waals surface area contributed by atoms with Crippen LogP contribution < -0.4 is 4.90 Å². The standard InChI is InChI=1S/C21H21F3N4O4/c1-25(2)17-8-5-15(13-18(17)28(31)32)20(30)27-11-9-26(10-12-27)19(29)14-3-6-16(7-4-14)21(22,23)24/h3-8,13H,9-12H2,1-2H3. The van der Waals surface area contributed by atoms with Gasteiger partial charge in [-0.25, -0.2) is 0 Å². The van der Waals surface area contributed by atoms with Gasteiger partial charge in [-0.3, -0.25) is 19.7 Å². The van der Waals surface area contributed by atoms with Gasteiger partial charge in [0.2, 0.25) is 0 Å². The Morgan fingerprint density at radius 3 is 1.81 bits per heavy atom. The average molecular weight is 450 g/mol. The molecule has 0 saturated carbocycles. The maximum Gasteiger partial charge on any atom is 0.416 e. The molecule has 1 heterocycles. The van der Waals surface area contributed by atoms with Crippen LogP contribution in [-0.4, -0.2) is 66.8 Å². The molecule has 11 heteroatoms.